The van der Waals surface area contributed by atoms with Crippen molar-refractivity contribution in [3.8, 4) is 5.75 Å². The van der Waals surface area contributed by atoms with E-state index in [1.165, 1.54) is 37.5 Å². The number of halogens is 2. The summed E-state index contributed by atoms with van der Waals surface area (Å²) in [4.78, 5) is 28.1. The van der Waals surface area contributed by atoms with Crippen molar-refractivity contribution in [3.05, 3.63) is 45.9 Å². The average Bonchev–Trinajstić information content (AvgIpc) is 2.95. The fraction of sp³-hybridized carbons (Fsp3) is 0.118. The van der Waals surface area contributed by atoms with Crippen LogP contribution in [0.4, 0.5) is 10.8 Å². The summed E-state index contributed by atoms with van der Waals surface area (Å²) in [6.07, 6.45) is 0. The van der Waals surface area contributed by atoms with Gasteiger partial charge in [0.25, 0.3) is 5.91 Å². The van der Waals surface area contributed by atoms with E-state index in [-0.39, 0.29) is 22.2 Å². The highest BCUT2D eigenvalue weighted by atomic mass is 35.5. The number of nitrogens with zero attached hydrogens (tertiary/aromatic N) is 1. The Labute approximate surface area is 163 Å². The summed E-state index contributed by atoms with van der Waals surface area (Å²) >= 11 is 13.3. The number of rotatable bonds is 4. The first-order valence-electron chi connectivity index (χ1n) is 7.40. The van der Waals surface area contributed by atoms with Gasteiger partial charge in [-0.2, -0.15) is 0 Å². The van der Waals surface area contributed by atoms with E-state index in [1.54, 1.807) is 18.2 Å². The van der Waals surface area contributed by atoms with Crippen LogP contribution in [0, 0.1) is 0 Å². The second-order valence-electron chi connectivity index (χ2n) is 5.31. The molecule has 0 saturated heterocycles. The molecule has 0 aliphatic rings. The van der Waals surface area contributed by atoms with Gasteiger partial charge in [0.2, 0.25) is 5.91 Å². The van der Waals surface area contributed by atoms with Crippen LogP contribution in [0.2, 0.25) is 10.0 Å². The van der Waals surface area contributed by atoms with Crippen LogP contribution >= 0.6 is 34.5 Å². The van der Waals surface area contributed by atoms with Gasteiger partial charge in [-0.05, 0) is 30.3 Å². The highest BCUT2D eigenvalue weighted by molar-refractivity contribution is 7.22. The second kappa shape index (κ2) is 7.49. The van der Waals surface area contributed by atoms with Crippen molar-refractivity contribution in [1.29, 1.82) is 0 Å². The van der Waals surface area contributed by atoms with Crippen molar-refractivity contribution >= 4 is 67.4 Å². The fourth-order valence-corrected chi connectivity index (χ4v) is 3.83. The summed E-state index contributed by atoms with van der Waals surface area (Å²) in [7, 11) is 1.42. The minimum absolute atomic E-state index is 0.160. The van der Waals surface area contributed by atoms with Gasteiger partial charge in [-0.15, -0.1) is 0 Å². The maximum absolute atomic E-state index is 12.6. The van der Waals surface area contributed by atoms with Gasteiger partial charge in [-0.3, -0.25) is 14.9 Å². The molecule has 0 aliphatic heterocycles. The molecular formula is C17H13Cl2N3O3S. The molecule has 0 radical (unpaired) electrons. The van der Waals surface area contributed by atoms with Gasteiger partial charge in [0.15, 0.2) is 5.13 Å². The Morgan fingerprint density at radius 3 is 2.62 bits per heavy atom. The summed E-state index contributed by atoms with van der Waals surface area (Å²) in [5.74, 6) is -0.359. The summed E-state index contributed by atoms with van der Waals surface area (Å²) in [6.45, 7) is 1.44. The molecule has 3 aromatic rings. The van der Waals surface area contributed by atoms with Crippen LogP contribution in [0.3, 0.4) is 0 Å². The number of carbonyl (C=O) groups is 2. The van der Waals surface area contributed by atoms with Crippen LogP contribution < -0.4 is 15.4 Å². The van der Waals surface area contributed by atoms with E-state index >= 15 is 0 Å². The zero-order valence-corrected chi connectivity index (χ0v) is 16.1. The van der Waals surface area contributed by atoms with Crippen molar-refractivity contribution in [2.24, 2.45) is 0 Å². The number of ether oxygens (including phenoxy) is 1. The van der Waals surface area contributed by atoms with Crippen molar-refractivity contribution in [2.45, 2.75) is 6.92 Å². The minimum atomic E-state index is -0.438. The Kier molecular flexibility index (Phi) is 5.31. The number of hydrogen-bond acceptors (Lipinski definition) is 5. The van der Waals surface area contributed by atoms with Crippen molar-refractivity contribution in [1.82, 2.24) is 4.98 Å². The number of thiazole rings is 1. The van der Waals surface area contributed by atoms with Crippen LogP contribution in [0.1, 0.15) is 17.3 Å². The van der Waals surface area contributed by atoms with E-state index in [1.807, 2.05) is 0 Å². The lowest BCUT2D eigenvalue weighted by Crippen LogP contribution is -2.13. The molecule has 0 atom stereocenters. The molecule has 1 aromatic heterocycles. The molecule has 0 fully saturated rings. The summed E-state index contributed by atoms with van der Waals surface area (Å²) < 4.78 is 6.01. The molecule has 0 aliphatic carbocycles. The first-order valence-corrected chi connectivity index (χ1v) is 8.97. The molecule has 2 aromatic carbocycles. The van der Waals surface area contributed by atoms with Gasteiger partial charge in [0, 0.05) is 17.6 Å². The smallest absolute Gasteiger partial charge is 0.261 e. The zero-order valence-electron chi connectivity index (χ0n) is 13.7. The first kappa shape index (κ1) is 18.4. The predicted octanol–water partition coefficient (Wildman–Crippen LogP) is 4.82. The molecule has 0 unspecified atom stereocenters. The number of nitrogens with one attached hydrogen (secondary N) is 2. The molecule has 6 nitrogen and oxygen atoms in total. The summed E-state index contributed by atoms with van der Waals surface area (Å²) in [5, 5.41) is 6.40. The van der Waals surface area contributed by atoms with Crippen molar-refractivity contribution in [2.75, 3.05) is 17.7 Å². The van der Waals surface area contributed by atoms with E-state index < -0.39 is 5.91 Å². The van der Waals surface area contributed by atoms with Gasteiger partial charge in [0.1, 0.15) is 5.75 Å². The predicted molar refractivity (Wildman–Crippen MR) is 105 cm³/mol. The maximum atomic E-state index is 12.6. The highest BCUT2D eigenvalue weighted by Crippen LogP contribution is 2.34. The first-order chi connectivity index (χ1) is 12.4. The second-order valence-corrected chi connectivity index (χ2v) is 7.18. The van der Waals surface area contributed by atoms with Crippen LogP contribution in [0.15, 0.2) is 30.3 Å². The van der Waals surface area contributed by atoms with E-state index in [2.05, 4.69) is 15.6 Å². The van der Waals surface area contributed by atoms with Crippen LogP contribution in [0.5, 0.6) is 5.75 Å². The average molecular weight is 410 g/mol. The molecule has 9 heteroatoms. The Hall–Kier alpha value is -2.35. The monoisotopic (exact) mass is 409 g/mol. The lowest BCUT2D eigenvalue weighted by Gasteiger charge is -2.10. The lowest BCUT2D eigenvalue weighted by molar-refractivity contribution is -0.114. The zero-order chi connectivity index (χ0) is 18.8. The van der Waals surface area contributed by atoms with Crippen molar-refractivity contribution < 1.29 is 14.3 Å². The number of anilines is 2. The van der Waals surface area contributed by atoms with Crippen LogP contribution in [-0.2, 0) is 4.79 Å². The van der Waals surface area contributed by atoms with Crippen LogP contribution in [0.25, 0.3) is 10.2 Å². The molecular weight excluding hydrogens is 397 g/mol. The van der Waals surface area contributed by atoms with E-state index in [0.717, 1.165) is 4.70 Å². The minimum Gasteiger partial charge on any atom is -0.494 e. The van der Waals surface area contributed by atoms with Crippen LogP contribution in [-0.4, -0.2) is 23.9 Å². The SMILES string of the molecule is COc1c(Cl)cc(Cl)cc1C(=O)Nc1nc2ccc(NC(C)=O)cc2s1. The molecule has 2 N–H and O–H groups in total. The number of carbonyl (C=O) groups excluding carboxylic acids is 2. The number of benzene rings is 2. The normalized spacial score (nSPS) is 10.6. The number of aromatic nitrogens is 1. The molecule has 1 heterocycles. The van der Waals surface area contributed by atoms with Gasteiger partial charge < -0.3 is 10.1 Å². The summed E-state index contributed by atoms with van der Waals surface area (Å²) in [5.41, 5.74) is 1.58. The van der Waals surface area contributed by atoms with Gasteiger partial charge in [-0.1, -0.05) is 34.5 Å². The molecule has 3 rings (SSSR count). The van der Waals surface area contributed by atoms with Gasteiger partial charge >= 0.3 is 0 Å². The number of amides is 2. The molecule has 134 valence electrons. The Balaban J connectivity index is 1.89. The Morgan fingerprint density at radius 1 is 1.15 bits per heavy atom. The standard InChI is InChI=1S/C17H13Cl2N3O3S/c1-8(23)20-10-3-4-13-14(7-10)26-17(21-13)22-16(24)11-5-9(18)6-12(19)15(11)25-2/h3-7H,1-2H3,(H,20,23)(H,21,22,24). The van der Waals surface area contributed by atoms with E-state index in [9.17, 15) is 9.59 Å². The Bertz CT molecular complexity index is 1020. The fourth-order valence-electron chi connectivity index (χ4n) is 2.36. The molecule has 0 saturated carbocycles. The van der Waals surface area contributed by atoms with Gasteiger partial charge in [-0.25, -0.2) is 4.98 Å². The largest absolute Gasteiger partial charge is 0.494 e. The van der Waals surface area contributed by atoms with E-state index in [4.69, 9.17) is 27.9 Å². The quantitative estimate of drug-likeness (QED) is 0.646. The highest BCUT2D eigenvalue weighted by Gasteiger charge is 2.18. The summed E-state index contributed by atoms with van der Waals surface area (Å²) in [6, 6.07) is 8.28. The number of fused-ring (bicyclic) bond motifs is 1. The third-order valence-electron chi connectivity index (χ3n) is 3.39. The third kappa shape index (κ3) is 3.90. The maximum Gasteiger partial charge on any atom is 0.261 e. The Morgan fingerprint density at radius 2 is 1.92 bits per heavy atom. The van der Waals surface area contributed by atoms with E-state index in [0.29, 0.717) is 21.4 Å². The van der Waals surface area contributed by atoms with Crippen molar-refractivity contribution in [3.63, 3.8) is 0 Å². The third-order valence-corrected chi connectivity index (χ3v) is 4.82. The number of hydrogen-bond donors (Lipinski definition) is 2. The molecule has 2 amide bonds. The topological polar surface area (TPSA) is 80.3 Å². The molecule has 0 spiro atoms. The number of methoxy groups -OCH3 is 1. The van der Waals surface area contributed by atoms with Gasteiger partial charge in [0.05, 0.1) is 27.9 Å². The molecule has 26 heavy (non-hydrogen) atoms. The molecule has 0 bridgehead atoms. The lowest BCUT2D eigenvalue weighted by atomic mass is 10.2.